The molecule has 0 aliphatic heterocycles. The zero-order valence-electron chi connectivity index (χ0n) is 36.0. The maximum absolute atomic E-state index is 2.44. The third-order valence-electron chi connectivity index (χ3n) is 13.8. The highest BCUT2D eigenvalue weighted by Crippen LogP contribution is 2.40. The van der Waals surface area contributed by atoms with Crippen molar-refractivity contribution < 1.29 is 0 Å². The van der Waals surface area contributed by atoms with Gasteiger partial charge in [-0.25, -0.2) is 0 Å². The molecule has 0 aliphatic carbocycles. The molecule has 0 unspecified atom stereocenters. The van der Waals surface area contributed by atoms with Crippen LogP contribution in [0.2, 0.25) is 0 Å². The fraction of sp³-hybridized carbons (Fsp3) is 0.103. The maximum Gasteiger partial charge on any atom is 0.0542 e. The zero-order valence-corrected chi connectivity index (χ0v) is 36.0. The van der Waals surface area contributed by atoms with E-state index in [9.17, 15) is 0 Å². The standard InChI is InChI=1S/C58H46N4/c1-35-15-21-43(22-16-35)61-53-13-9-7-11-47(53)51-33-45(25-29-57(51)61)59-39(5)37(3)49-31-41(19-27-55(49)59)42-20-28-56-50(32-42)38(4)40(6)60(56)46-26-30-58-52(34-46)48-12-8-10-14-54(48)62(58)44-23-17-36(2)18-24-44/h7-34H,1-6H3. The van der Waals surface area contributed by atoms with Crippen LogP contribution in [-0.2, 0) is 0 Å². The van der Waals surface area contributed by atoms with Crippen LogP contribution < -0.4 is 0 Å². The summed E-state index contributed by atoms with van der Waals surface area (Å²) in [7, 11) is 0. The Morgan fingerprint density at radius 3 is 1.02 bits per heavy atom. The second-order valence-electron chi connectivity index (χ2n) is 17.3. The molecule has 4 aromatic heterocycles. The summed E-state index contributed by atoms with van der Waals surface area (Å²) < 4.78 is 9.67. The van der Waals surface area contributed by atoms with Crippen molar-refractivity contribution in [2.24, 2.45) is 0 Å². The van der Waals surface area contributed by atoms with Crippen molar-refractivity contribution in [2.45, 2.75) is 41.5 Å². The molecule has 8 aromatic carbocycles. The molecule has 0 bridgehead atoms. The minimum atomic E-state index is 1.18. The Kier molecular flexibility index (Phi) is 7.89. The average Bonchev–Trinajstić information content (AvgIpc) is 3.97. The van der Waals surface area contributed by atoms with Gasteiger partial charge in [0.1, 0.15) is 0 Å². The van der Waals surface area contributed by atoms with Gasteiger partial charge in [-0.3, -0.25) is 0 Å². The molecule has 62 heavy (non-hydrogen) atoms. The van der Waals surface area contributed by atoms with Crippen LogP contribution in [0.3, 0.4) is 0 Å². The highest BCUT2D eigenvalue weighted by molar-refractivity contribution is 6.11. The smallest absolute Gasteiger partial charge is 0.0542 e. The van der Waals surface area contributed by atoms with Crippen molar-refractivity contribution in [3.8, 4) is 33.9 Å². The third-order valence-corrected chi connectivity index (χ3v) is 13.8. The van der Waals surface area contributed by atoms with E-state index in [4.69, 9.17) is 0 Å². The van der Waals surface area contributed by atoms with Gasteiger partial charge in [0.25, 0.3) is 0 Å². The number of aromatic nitrogens is 4. The molecular weight excluding hydrogens is 753 g/mol. The highest BCUT2D eigenvalue weighted by Gasteiger charge is 2.20. The van der Waals surface area contributed by atoms with E-state index in [2.05, 4.69) is 230 Å². The van der Waals surface area contributed by atoms with E-state index in [1.807, 2.05) is 0 Å². The first-order valence-corrected chi connectivity index (χ1v) is 21.7. The van der Waals surface area contributed by atoms with Crippen molar-refractivity contribution in [2.75, 3.05) is 0 Å². The van der Waals surface area contributed by atoms with E-state index in [0.717, 1.165) is 0 Å². The number of aryl methyl sites for hydroxylation is 4. The van der Waals surface area contributed by atoms with Crippen LogP contribution in [0.25, 0.3) is 99.3 Å². The van der Waals surface area contributed by atoms with Crippen LogP contribution in [0.1, 0.15) is 33.6 Å². The molecule has 4 heterocycles. The lowest BCUT2D eigenvalue weighted by Crippen LogP contribution is -1.98. The van der Waals surface area contributed by atoms with E-state index >= 15 is 0 Å². The predicted octanol–water partition coefficient (Wildman–Crippen LogP) is 15.3. The van der Waals surface area contributed by atoms with Gasteiger partial charge in [-0.1, -0.05) is 83.9 Å². The third kappa shape index (κ3) is 5.26. The van der Waals surface area contributed by atoms with Crippen molar-refractivity contribution in [1.82, 2.24) is 18.3 Å². The van der Waals surface area contributed by atoms with Gasteiger partial charge < -0.3 is 18.3 Å². The summed E-state index contributed by atoms with van der Waals surface area (Å²) in [4.78, 5) is 0. The Morgan fingerprint density at radius 2 is 0.597 bits per heavy atom. The van der Waals surface area contributed by atoms with E-state index in [0.29, 0.717) is 0 Å². The van der Waals surface area contributed by atoms with Gasteiger partial charge in [-0.15, -0.1) is 0 Å². The largest absolute Gasteiger partial charge is 0.314 e. The molecule has 0 saturated carbocycles. The summed E-state index contributed by atoms with van der Waals surface area (Å²) in [6.45, 7) is 13.3. The molecule has 4 nitrogen and oxygen atoms in total. The Labute approximate surface area is 361 Å². The molecule has 0 spiro atoms. The van der Waals surface area contributed by atoms with E-state index in [1.54, 1.807) is 0 Å². The molecule has 0 aliphatic rings. The maximum atomic E-state index is 2.44. The summed E-state index contributed by atoms with van der Waals surface area (Å²) in [5, 5.41) is 7.61. The Morgan fingerprint density at radius 1 is 0.258 bits per heavy atom. The minimum Gasteiger partial charge on any atom is -0.314 e. The van der Waals surface area contributed by atoms with Crippen LogP contribution in [0.4, 0.5) is 0 Å². The first-order valence-electron chi connectivity index (χ1n) is 21.7. The van der Waals surface area contributed by atoms with Crippen molar-refractivity contribution in [1.29, 1.82) is 0 Å². The van der Waals surface area contributed by atoms with Crippen LogP contribution in [0.15, 0.2) is 170 Å². The van der Waals surface area contributed by atoms with Gasteiger partial charge in [0, 0.05) is 66.5 Å². The molecule has 298 valence electrons. The summed E-state index contributed by atoms with van der Waals surface area (Å²) >= 11 is 0. The van der Waals surface area contributed by atoms with Crippen LogP contribution in [-0.4, -0.2) is 18.3 Å². The lowest BCUT2D eigenvalue weighted by atomic mass is 10.00. The molecule has 0 radical (unpaired) electrons. The van der Waals surface area contributed by atoms with E-state index in [-0.39, 0.29) is 0 Å². The number of nitrogens with zero attached hydrogens (tertiary/aromatic N) is 4. The minimum absolute atomic E-state index is 1.18. The van der Waals surface area contributed by atoms with Crippen LogP contribution in [0.5, 0.6) is 0 Å². The van der Waals surface area contributed by atoms with E-state index < -0.39 is 0 Å². The summed E-state index contributed by atoms with van der Waals surface area (Å²) in [6.07, 6.45) is 0. The lowest BCUT2D eigenvalue weighted by Gasteiger charge is -2.12. The van der Waals surface area contributed by atoms with Gasteiger partial charge in [0.15, 0.2) is 0 Å². The van der Waals surface area contributed by atoms with Crippen molar-refractivity contribution in [3.63, 3.8) is 0 Å². The van der Waals surface area contributed by atoms with Crippen LogP contribution in [0, 0.1) is 41.5 Å². The fourth-order valence-corrected chi connectivity index (χ4v) is 10.3. The summed E-state index contributed by atoms with van der Waals surface area (Å²) in [5.41, 5.74) is 22.2. The Bertz CT molecular complexity index is 3540. The van der Waals surface area contributed by atoms with Crippen molar-refractivity contribution in [3.05, 3.63) is 203 Å². The Balaban J connectivity index is 0.944. The second-order valence-corrected chi connectivity index (χ2v) is 17.3. The topological polar surface area (TPSA) is 19.7 Å². The first-order chi connectivity index (χ1) is 30.2. The monoisotopic (exact) mass is 798 g/mol. The first kappa shape index (κ1) is 36.3. The van der Waals surface area contributed by atoms with Gasteiger partial charge in [-0.2, -0.15) is 0 Å². The Hall–Kier alpha value is -7.56. The number of hydrogen-bond donors (Lipinski definition) is 0. The van der Waals surface area contributed by atoms with Gasteiger partial charge in [0.2, 0.25) is 0 Å². The normalized spacial score (nSPS) is 12.0. The zero-order chi connectivity index (χ0) is 42.0. The fourth-order valence-electron chi connectivity index (χ4n) is 10.3. The van der Waals surface area contributed by atoms with E-state index in [1.165, 1.54) is 133 Å². The molecule has 0 saturated heterocycles. The van der Waals surface area contributed by atoms with Crippen molar-refractivity contribution >= 4 is 65.4 Å². The van der Waals surface area contributed by atoms with Crippen LogP contribution >= 0.6 is 0 Å². The summed E-state index contributed by atoms with van der Waals surface area (Å²) in [6, 6.07) is 63.2. The number of rotatable bonds is 5. The van der Waals surface area contributed by atoms with Gasteiger partial charge in [0.05, 0.1) is 33.1 Å². The number of fused-ring (bicyclic) bond motifs is 8. The number of hydrogen-bond acceptors (Lipinski definition) is 0. The highest BCUT2D eigenvalue weighted by atomic mass is 15.0. The number of benzene rings is 8. The quantitative estimate of drug-likeness (QED) is 0.165. The molecule has 12 aromatic rings. The molecule has 4 heteroatoms. The molecule has 12 rings (SSSR count). The molecular formula is C58H46N4. The average molecular weight is 799 g/mol. The molecule has 0 amide bonds. The molecule has 0 atom stereocenters. The number of para-hydroxylation sites is 2. The van der Waals surface area contributed by atoms with Gasteiger partial charge in [-0.05, 0) is 161 Å². The predicted molar refractivity (Wildman–Crippen MR) is 263 cm³/mol. The molecule has 0 N–H and O–H groups in total. The second kappa shape index (κ2) is 13.5. The SMILES string of the molecule is Cc1ccc(-n2c3ccccc3c3cc(-n4c(C)c(C)c5cc(-c6ccc7c(c6)c(C)c(C)n7-c6ccc7c(c6)c6ccccc6n7-c6ccc(C)cc6)ccc54)ccc32)cc1. The molecule has 0 fully saturated rings. The summed E-state index contributed by atoms with van der Waals surface area (Å²) in [5.74, 6) is 0. The lowest BCUT2D eigenvalue weighted by molar-refractivity contribution is 1.04. The van der Waals surface area contributed by atoms with Gasteiger partial charge >= 0.3 is 0 Å².